The van der Waals surface area contributed by atoms with E-state index in [-0.39, 0.29) is 17.0 Å². The largest absolute Gasteiger partial charge is 0.448 e. The van der Waals surface area contributed by atoms with E-state index < -0.39 is 18.1 Å². The van der Waals surface area contributed by atoms with E-state index in [1.807, 2.05) is 60.7 Å². The summed E-state index contributed by atoms with van der Waals surface area (Å²) in [6, 6.07) is 18.6. The standard InChI is InChI=1S/C20H18N2O3S/c21-16-18(23)22-15(11-12-26-19(16)22)20(24)25-17(13-7-3-1-4-8-13)14-9-5-2-6-10-14/h1-11,16-17,19H,12,21H2/t16-,19+/m0/s1. The average molecular weight is 366 g/mol. The van der Waals surface area contributed by atoms with E-state index in [1.165, 1.54) is 4.90 Å². The van der Waals surface area contributed by atoms with Gasteiger partial charge in [0.1, 0.15) is 17.1 Å². The van der Waals surface area contributed by atoms with Crippen LogP contribution in [-0.4, -0.2) is 33.9 Å². The van der Waals surface area contributed by atoms with E-state index in [4.69, 9.17) is 10.5 Å². The highest BCUT2D eigenvalue weighted by molar-refractivity contribution is 8.00. The molecular formula is C20H18N2O3S. The number of hydrogen-bond acceptors (Lipinski definition) is 5. The van der Waals surface area contributed by atoms with Gasteiger partial charge in [-0.2, -0.15) is 0 Å². The molecule has 0 spiro atoms. The van der Waals surface area contributed by atoms with E-state index in [1.54, 1.807) is 17.8 Å². The lowest BCUT2D eigenvalue weighted by Crippen LogP contribution is -2.68. The fraction of sp³-hybridized carbons (Fsp3) is 0.200. The number of ether oxygens (including phenoxy) is 1. The Morgan fingerprint density at radius 1 is 1.08 bits per heavy atom. The molecular weight excluding hydrogens is 348 g/mol. The number of carbonyl (C=O) groups is 2. The third kappa shape index (κ3) is 2.91. The molecule has 5 nitrogen and oxygen atoms in total. The first kappa shape index (κ1) is 16.9. The molecule has 0 aromatic heterocycles. The van der Waals surface area contributed by atoms with Crippen LogP contribution >= 0.6 is 11.8 Å². The van der Waals surface area contributed by atoms with Gasteiger partial charge in [-0.1, -0.05) is 60.7 Å². The Kier molecular flexibility index (Phi) is 4.53. The number of esters is 1. The van der Waals surface area contributed by atoms with Crippen LogP contribution in [0.1, 0.15) is 17.2 Å². The number of rotatable bonds is 4. The lowest BCUT2D eigenvalue weighted by Gasteiger charge is -2.47. The molecule has 0 aliphatic carbocycles. The topological polar surface area (TPSA) is 72.6 Å². The summed E-state index contributed by atoms with van der Waals surface area (Å²) >= 11 is 1.55. The fourth-order valence-electron chi connectivity index (χ4n) is 3.18. The van der Waals surface area contributed by atoms with Gasteiger partial charge in [0.05, 0.1) is 0 Å². The third-order valence-corrected chi connectivity index (χ3v) is 5.73. The highest BCUT2D eigenvalue weighted by atomic mass is 32.2. The molecule has 0 saturated carbocycles. The van der Waals surface area contributed by atoms with Crippen molar-refractivity contribution in [3.8, 4) is 0 Å². The van der Waals surface area contributed by atoms with E-state index in [9.17, 15) is 9.59 Å². The summed E-state index contributed by atoms with van der Waals surface area (Å²) in [5, 5.41) is -0.179. The molecule has 2 atom stereocenters. The molecule has 0 radical (unpaired) electrons. The number of β-lactam (4-membered cyclic amide) rings is 1. The van der Waals surface area contributed by atoms with Crippen LogP contribution in [0.15, 0.2) is 72.4 Å². The van der Waals surface area contributed by atoms with Crippen LogP contribution in [-0.2, 0) is 14.3 Å². The van der Waals surface area contributed by atoms with Crippen molar-refractivity contribution in [2.24, 2.45) is 5.73 Å². The van der Waals surface area contributed by atoms with Crippen molar-refractivity contribution in [2.45, 2.75) is 17.5 Å². The molecule has 1 saturated heterocycles. The summed E-state index contributed by atoms with van der Waals surface area (Å²) in [6.07, 6.45) is 1.20. The summed E-state index contributed by atoms with van der Waals surface area (Å²) in [4.78, 5) is 26.4. The van der Waals surface area contributed by atoms with E-state index in [2.05, 4.69) is 0 Å². The Morgan fingerprint density at radius 2 is 1.65 bits per heavy atom. The molecule has 6 heteroatoms. The average Bonchev–Trinajstić information content (AvgIpc) is 2.72. The van der Waals surface area contributed by atoms with Crippen LogP contribution in [0.5, 0.6) is 0 Å². The molecule has 2 aliphatic heterocycles. The minimum atomic E-state index is -0.546. The van der Waals surface area contributed by atoms with Gasteiger partial charge in [0, 0.05) is 5.75 Å². The smallest absolute Gasteiger partial charge is 0.355 e. The molecule has 2 aliphatic rings. The van der Waals surface area contributed by atoms with Gasteiger partial charge in [0.2, 0.25) is 5.91 Å². The second kappa shape index (κ2) is 6.97. The van der Waals surface area contributed by atoms with Crippen molar-refractivity contribution in [3.63, 3.8) is 0 Å². The second-order valence-corrected chi connectivity index (χ2v) is 7.30. The van der Waals surface area contributed by atoms with Crippen molar-refractivity contribution < 1.29 is 14.3 Å². The number of nitrogens with two attached hydrogens (primary N) is 1. The monoisotopic (exact) mass is 366 g/mol. The van der Waals surface area contributed by atoms with Crippen LogP contribution in [0, 0.1) is 0 Å². The number of benzene rings is 2. The van der Waals surface area contributed by atoms with Gasteiger partial charge in [-0.15, -0.1) is 11.8 Å². The second-order valence-electron chi connectivity index (χ2n) is 6.15. The van der Waals surface area contributed by atoms with Crippen LogP contribution < -0.4 is 5.73 Å². The van der Waals surface area contributed by atoms with Crippen molar-refractivity contribution in [1.82, 2.24) is 4.90 Å². The molecule has 2 aromatic rings. The van der Waals surface area contributed by atoms with Gasteiger partial charge < -0.3 is 10.5 Å². The Bertz CT molecular complexity index is 814. The molecule has 1 amide bonds. The summed E-state index contributed by atoms with van der Waals surface area (Å²) in [5.41, 5.74) is 7.87. The maximum absolute atomic E-state index is 12.9. The van der Waals surface area contributed by atoms with Crippen LogP contribution in [0.3, 0.4) is 0 Å². The van der Waals surface area contributed by atoms with Crippen LogP contribution in [0.2, 0.25) is 0 Å². The first-order valence-corrected chi connectivity index (χ1v) is 9.43. The molecule has 1 fully saturated rings. The fourth-order valence-corrected chi connectivity index (χ4v) is 4.32. The van der Waals surface area contributed by atoms with Gasteiger partial charge in [0.25, 0.3) is 0 Å². The number of fused-ring (bicyclic) bond motifs is 1. The zero-order chi connectivity index (χ0) is 18.1. The lowest BCUT2D eigenvalue weighted by atomic mass is 10.0. The van der Waals surface area contributed by atoms with Gasteiger partial charge in [-0.25, -0.2) is 4.79 Å². The Balaban J connectivity index is 1.61. The number of thioether (sulfide) groups is 1. The molecule has 2 aromatic carbocycles. The Morgan fingerprint density at radius 3 is 2.23 bits per heavy atom. The van der Waals surface area contributed by atoms with E-state index in [0.717, 1.165) is 11.1 Å². The van der Waals surface area contributed by atoms with E-state index >= 15 is 0 Å². The number of hydrogen-bond donors (Lipinski definition) is 1. The number of nitrogens with zero attached hydrogens (tertiary/aromatic N) is 1. The van der Waals surface area contributed by atoms with Gasteiger partial charge in [-0.3, -0.25) is 9.69 Å². The summed E-state index contributed by atoms with van der Waals surface area (Å²) in [7, 11) is 0. The van der Waals surface area contributed by atoms with Crippen molar-refractivity contribution in [3.05, 3.63) is 83.6 Å². The highest BCUT2D eigenvalue weighted by Crippen LogP contribution is 2.37. The van der Waals surface area contributed by atoms with Crippen molar-refractivity contribution >= 4 is 23.6 Å². The summed E-state index contributed by atoms with van der Waals surface area (Å²) in [6.45, 7) is 0. The van der Waals surface area contributed by atoms with Gasteiger partial charge in [-0.05, 0) is 17.2 Å². The minimum absolute atomic E-state index is 0.179. The van der Waals surface area contributed by atoms with Crippen molar-refractivity contribution in [2.75, 3.05) is 5.75 Å². The molecule has 0 bridgehead atoms. The Labute approximate surface area is 155 Å². The van der Waals surface area contributed by atoms with Gasteiger partial charge in [0.15, 0.2) is 6.10 Å². The van der Waals surface area contributed by atoms with Gasteiger partial charge >= 0.3 is 5.97 Å². The van der Waals surface area contributed by atoms with E-state index in [0.29, 0.717) is 5.75 Å². The molecule has 2 N–H and O–H groups in total. The maximum atomic E-state index is 12.9. The quantitative estimate of drug-likeness (QED) is 0.665. The number of amides is 1. The lowest BCUT2D eigenvalue weighted by molar-refractivity contribution is -0.152. The predicted molar refractivity (Wildman–Crippen MR) is 100.0 cm³/mol. The first-order valence-electron chi connectivity index (χ1n) is 8.38. The molecule has 26 heavy (non-hydrogen) atoms. The third-order valence-electron chi connectivity index (χ3n) is 4.53. The zero-order valence-corrected chi connectivity index (χ0v) is 14.8. The van der Waals surface area contributed by atoms with Crippen molar-refractivity contribution in [1.29, 1.82) is 0 Å². The maximum Gasteiger partial charge on any atom is 0.355 e. The minimum Gasteiger partial charge on any atom is -0.448 e. The molecule has 132 valence electrons. The Hall–Kier alpha value is -2.57. The SMILES string of the molecule is N[C@H]1C(=O)N2C(C(=O)OC(c3ccccc3)c3ccccc3)=CCS[C@H]12. The molecule has 2 heterocycles. The predicted octanol–water partition coefficient (Wildman–Crippen LogP) is 2.45. The molecule has 0 unspecified atom stereocenters. The zero-order valence-electron chi connectivity index (χ0n) is 13.9. The van der Waals surface area contributed by atoms with Crippen LogP contribution in [0.4, 0.5) is 0 Å². The first-order chi connectivity index (χ1) is 12.7. The molecule has 4 rings (SSSR count). The normalized spacial score (nSPS) is 21.7. The summed E-state index contributed by atoms with van der Waals surface area (Å²) < 4.78 is 5.85. The highest BCUT2D eigenvalue weighted by Gasteiger charge is 2.50. The summed E-state index contributed by atoms with van der Waals surface area (Å²) in [5.74, 6) is -0.108. The number of carbonyl (C=O) groups excluding carboxylic acids is 2. The van der Waals surface area contributed by atoms with Crippen LogP contribution in [0.25, 0.3) is 0 Å².